The highest BCUT2D eigenvalue weighted by Crippen LogP contribution is 2.43. The number of carbonyl (C=O) groups is 1. The molecule has 1 aromatic carbocycles. The SMILES string of the molecule is COc1ccc2[nH]c(CN(C)C)c(CC(=O)O)c2c1C(F)(F)F. The molecule has 1 heterocycles. The normalized spacial score (nSPS) is 12.1. The number of ether oxygens (including phenoxy) is 1. The summed E-state index contributed by atoms with van der Waals surface area (Å²) in [5, 5.41) is 8.94. The molecule has 0 radical (unpaired) electrons. The van der Waals surface area contributed by atoms with E-state index in [-0.39, 0.29) is 22.2 Å². The number of alkyl halides is 3. The third-order valence-corrected chi connectivity index (χ3v) is 3.42. The van der Waals surface area contributed by atoms with Gasteiger partial charge in [0.15, 0.2) is 0 Å². The van der Waals surface area contributed by atoms with Crippen LogP contribution in [0, 0.1) is 0 Å². The highest BCUT2D eigenvalue weighted by Gasteiger charge is 2.38. The summed E-state index contributed by atoms with van der Waals surface area (Å²) in [6.07, 6.45) is -5.16. The topological polar surface area (TPSA) is 65.6 Å². The van der Waals surface area contributed by atoms with E-state index in [0.29, 0.717) is 12.2 Å². The average molecular weight is 330 g/mol. The van der Waals surface area contributed by atoms with Crippen molar-refractivity contribution in [2.75, 3.05) is 21.2 Å². The molecular weight excluding hydrogens is 313 g/mol. The first-order valence-corrected chi connectivity index (χ1v) is 6.79. The zero-order valence-corrected chi connectivity index (χ0v) is 12.9. The molecule has 126 valence electrons. The molecule has 0 aliphatic carbocycles. The van der Waals surface area contributed by atoms with Gasteiger partial charge in [0, 0.05) is 23.1 Å². The molecule has 2 rings (SSSR count). The number of carboxylic acids is 1. The van der Waals surface area contributed by atoms with Gasteiger partial charge in [-0.2, -0.15) is 13.2 Å². The molecule has 2 aromatic rings. The standard InChI is InChI=1S/C15H17F3N2O3/c1-20(2)7-10-8(6-12(21)22)13-9(19-10)4-5-11(23-3)14(13)15(16,17)18/h4-5,19H,6-7H2,1-3H3,(H,21,22). The van der Waals surface area contributed by atoms with Gasteiger partial charge in [-0.25, -0.2) is 0 Å². The Kier molecular flexibility index (Phi) is 4.56. The Labute approximate surface area is 130 Å². The molecule has 0 fully saturated rings. The van der Waals surface area contributed by atoms with Crippen LogP contribution in [0.25, 0.3) is 10.9 Å². The van der Waals surface area contributed by atoms with Gasteiger partial charge in [-0.05, 0) is 31.8 Å². The second-order valence-electron chi connectivity index (χ2n) is 5.45. The van der Waals surface area contributed by atoms with Crippen molar-refractivity contribution < 1.29 is 27.8 Å². The predicted octanol–water partition coefficient (Wildman–Crippen LogP) is 2.88. The number of carboxylic acid groups (broad SMARTS) is 1. The average Bonchev–Trinajstić information content (AvgIpc) is 2.73. The molecule has 0 unspecified atom stereocenters. The molecule has 8 heteroatoms. The molecule has 1 aromatic heterocycles. The third-order valence-electron chi connectivity index (χ3n) is 3.42. The number of fused-ring (bicyclic) bond motifs is 1. The van der Waals surface area contributed by atoms with Gasteiger partial charge in [-0.1, -0.05) is 0 Å². The molecule has 2 N–H and O–H groups in total. The molecule has 23 heavy (non-hydrogen) atoms. The minimum atomic E-state index is -4.66. The van der Waals surface area contributed by atoms with E-state index in [4.69, 9.17) is 9.84 Å². The minimum Gasteiger partial charge on any atom is -0.496 e. The Balaban J connectivity index is 2.84. The molecule has 0 spiro atoms. The van der Waals surface area contributed by atoms with Crippen LogP contribution in [0.4, 0.5) is 13.2 Å². The van der Waals surface area contributed by atoms with Crippen molar-refractivity contribution in [2.45, 2.75) is 19.1 Å². The number of hydrogen-bond donors (Lipinski definition) is 2. The summed E-state index contributed by atoms with van der Waals surface area (Å²) in [6, 6.07) is 2.69. The maximum atomic E-state index is 13.5. The predicted molar refractivity (Wildman–Crippen MR) is 78.6 cm³/mol. The molecule has 0 bridgehead atoms. The number of halogens is 3. The van der Waals surface area contributed by atoms with Crippen LogP contribution in [-0.4, -0.2) is 42.2 Å². The van der Waals surface area contributed by atoms with E-state index in [1.54, 1.807) is 19.0 Å². The van der Waals surface area contributed by atoms with Crippen molar-refractivity contribution in [1.29, 1.82) is 0 Å². The molecule has 0 aliphatic rings. The lowest BCUT2D eigenvalue weighted by Gasteiger charge is -2.14. The first-order valence-electron chi connectivity index (χ1n) is 6.79. The van der Waals surface area contributed by atoms with Crippen LogP contribution in [0.2, 0.25) is 0 Å². The third kappa shape index (κ3) is 3.42. The number of aromatic nitrogens is 1. The van der Waals surface area contributed by atoms with E-state index in [9.17, 15) is 18.0 Å². The van der Waals surface area contributed by atoms with Crippen molar-refractivity contribution in [2.24, 2.45) is 0 Å². The van der Waals surface area contributed by atoms with Crippen LogP contribution in [0.15, 0.2) is 12.1 Å². The number of nitrogens with zero attached hydrogens (tertiary/aromatic N) is 1. The van der Waals surface area contributed by atoms with Crippen molar-refractivity contribution >= 4 is 16.9 Å². The smallest absolute Gasteiger partial charge is 0.420 e. The summed E-state index contributed by atoms with van der Waals surface area (Å²) in [7, 11) is 4.66. The number of hydrogen-bond acceptors (Lipinski definition) is 3. The fourth-order valence-electron chi connectivity index (χ4n) is 2.64. The Morgan fingerprint density at radius 1 is 1.35 bits per heavy atom. The van der Waals surface area contributed by atoms with Gasteiger partial charge in [0.25, 0.3) is 0 Å². The molecule has 0 aliphatic heterocycles. The minimum absolute atomic E-state index is 0.132. The molecule has 5 nitrogen and oxygen atoms in total. The number of aromatic amines is 1. The van der Waals surface area contributed by atoms with Gasteiger partial charge < -0.3 is 19.7 Å². The fourth-order valence-corrected chi connectivity index (χ4v) is 2.64. The highest BCUT2D eigenvalue weighted by atomic mass is 19.4. The lowest BCUT2D eigenvalue weighted by Crippen LogP contribution is -2.14. The van der Waals surface area contributed by atoms with E-state index in [2.05, 4.69) is 4.98 Å². The van der Waals surface area contributed by atoms with Gasteiger partial charge in [-0.3, -0.25) is 4.79 Å². The van der Waals surface area contributed by atoms with Crippen LogP contribution in [0.3, 0.4) is 0 Å². The maximum absolute atomic E-state index is 13.5. The number of rotatable bonds is 5. The van der Waals surface area contributed by atoms with E-state index < -0.39 is 24.1 Å². The number of H-pyrrole nitrogens is 1. The van der Waals surface area contributed by atoms with Crippen molar-refractivity contribution in [3.8, 4) is 5.75 Å². The molecule has 0 saturated heterocycles. The molecular formula is C15H17F3N2O3. The quantitative estimate of drug-likeness (QED) is 0.885. The Morgan fingerprint density at radius 2 is 2.00 bits per heavy atom. The van der Waals surface area contributed by atoms with Crippen molar-refractivity contribution in [3.05, 3.63) is 29.0 Å². The highest BCUT2D eigenvalue weighted by molar-refractivity contribution is 5.93. The zero-order chi connectivity index (χ0) is 17.4. The van der Waals surface area contributed by atoms with E-state index in [1.165, 1.54) is 12.1 Å². The summed E-state index contributed by atoms with van der Waals surface area (Å²) in [6.45, 7) is 0.302. The van der Waals surface area contributed by atoms with Crippen LogP contribution in [-0.2, 0) is 23.9 Å². The summed E-state index contributed by atoms with van der Waals surface area (Å²) >= 11 is 0. The van der Waals surface area contributed by atoms with E-state index in [0.717, 1.165) is 7.11 Å². The van der Waals surface area contributed by atoms with Crippen molar-refractivity contribution in [1.82, 2.24) is 9.88 Å². The lowest BCUT2D eigenvalue weighted by atomic mass is 10.0. The molecule has 0 amide bonds. The Bertz CT molecular complexity index is 736. The monoisotopic (exact) mass is 330 g/mol. The fraction of sp³-hybridized carbons (Fsp3) is 0.400. The maximum Gasteiger partial charge on any atom is 0.420 e. The van der Waals surface area contributed by atoms with Crippen LogP contribution in [0.1, 0.15) is 16.8 Å². The van der Waals surface area contributed by atoms with E-state index >= 15 is 0 Å². The largest absolute Gasteiger partial charge is 0.496 e. The summed E-state index contributed by atoms with van der Waals surface area (Å²) < 4.78 is 45.3. The van der Waals surface area contributed by atoms with Gasteiger partial charge in [0.05, 0.1) is 13.5 Å². The number of nitrogens with one attached hydrogen (secondary N) is 1. The number of benzene rings is 1. The summed E-state index contributed by atoms with van der Waals surface area (Å²) in [5.41, 5.74) is -0.125. The van der Waals surface area contributed by atoms with Crippen molar-refractivity contribution in [3.63, 3.8) is 0 Å². The lowest BCUT2D eigenvalue weighted by molar-refractivity contribution is -0.138. The number of methoxy groups -OCH3 is 1. The first kappa shape index (κ1) is 17.1. The van der Waals surface area contributed by atoms with Crippen LogP contribution >= 0.6 is 0 Å². The second-order valence-corrected chi connectivity index (χ2v) is 5.45. The first-order chi connectivity index (χ1) is 10.6. The molecule has 0 atom stereocenters. The van der Waals surface area contributed by atoms with Crippen LogP contribution in [0.5, 0.6) is 5.75 Å². The second kappa shape index (κ2) is 6.11. The summed E-state index contributed by atoms with van der Waals surface area (Å²) in [5.74, 6) is -1.52. The van der Waals surface area contributed by atoms with Gasteiger partial charge >= 0.3 is 12.1 Å². The van der Waals surface area contributed by atoms with Crippen LogP contribution < -0.4 is 4.74 Å². The van der Waals surface area contributed by atoms with Gasteiger partial charge in [-0.15, -0.1) is 0 Å². The number of aliphatic carboxylic acids is 1. The van der Waals surface area contributed by atoms with E-state index in [1.807, 2.05) is 0 Å². The Hall–Kier alpha value is -2.22. The van der Waals surface area contributed by atoms with Gasteiger partial charge in [0.2, 0.25) is 0 Å². The molecule has 0 saturated carbocycles. The van der Waals surface area contributed by atoms with Gasteiger partial charge in [0.1, 0.15) is 11.3 Å². The Morgan fingerprint density at radius 3 is 2.48 bits per heavy atom. The summed E-state index contributed by atoms with van der Waals surface area (Å²) in [4.78, 5) is 15.8. The zero-order valence-electron chi connectivity index (χ0n) is 12.9.